The monoisotopic (exact) mass is 275 g/mol. The van der Waals surface area contributed by atoms with Gasteiger partial charge in [-0.1, -0.05) is 39.8 Å². The highest BCUT2D eigenvalue weighted by atomic mass is 16.5. The van der Waals surface area contributed by atoms with E-state index in [4.69, 9.17) is 4.74 Å². The van der Waals surface area contributed by atoms with Crippen LogP contribution in [0.5, 0.6) is 5.75 Å². The van der Waals surface area contributed by atoms with Gasteiger partial charge >= 0.3 is 0 Å². The van der Waals surface area contributed by atoms with Gasteiger partial charge in [-0.2, -0.15) is 0 Å². The smallest absolute Gasteiger partial charge is 0.119 e. The van der Waals surface area contributed by atoms with Gasteiger partial charge in [0.05, 0.1) is 7.11 Å². The Labute approximate surface area is 123 Å². The van der Waals surface area contributed by atoms with Crippen LogP contribution in [0.15, 0.2) is 24.3 Å². The predicted molar refractivity (Wildman–Crippen MR) is 85.4 cm³/mol. The summed E-state index contributed by atoms with van der Waals surface area (Å²) in [6, 6.07) is 8.63. The molecule has 0 radical (unpaired) electrons. The first-order chi connectivity index (χ1) is 9.41. The summed E-state index contributed by atoms with van der Waals surface area (Å²) in [4.78, 5) is 0. The van der Waals surface area contributed by atoms with Gasteiger partial charge in [-0.3, -0.25) is 0 Å². The van der Waals surface area contributed by atoms with Crippen LogP contribution in [0, 0.1) is 11.3 Å². The van der Waals surface area contributed by atoms with E-state index < -0.39 is 0 Å². The zero-order valence-corrected chi connectivity index (χ0v) is 13.6. The predicted octanol–water partition coefficient (Wildman–Crippen LogP) is 4.00. The van der Waals surface area contributed by atoms with Crippen LogP contribution in [0.3, 0.4) is 0 Å². The number of benzene rings is 1. The van der Waals surface area contributed by atoms with E-state index in [1.807, 2.05) is 6.07 Å². The van der Waals surface area contributed by atoms with E-state index in [9.17, 15) is 0 Å². The molecule has 0 bridgehead atoms. The Hall–Kier alpha value is -1.02. The van der Waals surface area contributed by atoms with Crippen molar-refractivity contribution in [1.29, 1.82) is 0 Å². The first-order valence-corrected chi connectivity index (χ1v) is 7.76. The molecule has 0 aliphatic heterocycles. The van der Waals surface area contributed by atoms with Crippen molar-refractivity contribution in [3.05, 3.63) is 29.8 Å². The number of nitrogens with one attached hydrogen (secondary N) is 1. The zero-order valence-electron chi connectivity index (χ0n) is 13.6. The number of likely N-dealkylation sites (N-methyl/N-ethyl adjacent to an activating group) is 1. The van der Waals surface area contributed by atoms with E-state index >= 15 is 0 Å². The second-order valence-electron chi connectivity index (χ2n) is 7.26. The summed E-state index contributed by atoms with van der Waals surface area (Å²) < 4.78 is 5.40. The van der Waals surface area contributed by atoms with Gasteiger partial charge in [0.25, 0.3) is 0 Å². The Kier molecular flexibility index (Phi) is 4.43. The van der Waals surface area contributed by atoms with Gasteiger partial charge in [-0.25, -0.2) is 0 Å². The van der Waals surface area contributed by atoms with Gasteiger partial charge in [0.1, 0.15) is 5.75 Å². The summed E-state index contributed by atoms with van der Waals surface area (Å²) >= 11 is 0. The normalized spacial score (nSPS) is 26.1. The summed E-state index contributed by atoms with van der Waals surface area (Å²) in [5.41, 5.74) is 2.13. The Morgan fingerprint density at radius 2 is 2.00 bits per heavy atom. The molecular formula is C18H29NO. The van der Waals surface area contributed by atoms with Crippen LogP contribution in [0.2, 0.25) is 0 Å². The van der Waals surface area contributed by atoms with Crippen molar-refractivity contribution in [3.8, 4) is 5.75 Å². The fourth-order valence-corrected chi connectivity index (χ4v) is 3.30. The molecule has 2 heteroatoms. The first kappa shape index (κ1) is 15.4. The minimum Gasteiger partial charge on any atom is -0.497 e. The Balaban J connectivity index is 2.21. The lowest BCUT2D eigenvalue weighted by Crippen LogP contribution is -2.52. The lowest BCUT2D eigenvalue weighted by atomic mass is 9.52. The number of ether oxygens (including phenoxy) is 1. The molecule has 0 unspecified atom stereocenters. The highest BCUT2D eigenvalue weighted by molar-refractivity contribution is 5.36. The molecule has 0 amide bonds. The van der Waals surface area contributed by atoms with Crippen molar-refractivity contribution in [3.63, 3.8) is 0 Å². The molecule has 0 heterocycles. The highest BCUT2D eigenvalue weighted by Gasteiger charge is 2.49. The zero-order chi connectivity index (χ0) is 14.8. The molecule has 0 atom stereocenters. The largest absolute Gasteiger partial charge is 0.497 e. The quantitative estimate of drug-likeness (QED) is 0.877. The number of hydrogen-bond donors (Lipinski definition) is 1. The average Bonchev–Trinajstić information content (AvgIpc) is 2.36. The van der Waals surface area contributed by atoms with Crippen LogP contribution in [0.1, 0.15) is 46.1 Å². The molecule has 20 heavy (non-hydrogen) atoms. The van der Waals surface area contributed by atoms with Crippen molar-refractivity contribution in [1.82, 2.24) is 5.32 Å². The third kappa shape index (κ3) is 3.01. The molecule has 1 saturated carbocycles. The summed E-state index contributed by atoms with van der Waals surface area (Å²) in [5.74, 6) is 1.78. The Morgan fingerprint density at radius 3 is 2.55 bits per heavy atom. The second kappa shape index (κ2) is 5.77. The second-order valence-corrected chi connectivity index (χ2v) is 7.26. The molecule has 0 aromatic heterocycles. The molecular weight excluding hydrogens is 246 g/mol. The molecule has 1 aromatic carbocycles. The van der Waals surface area contributed by atoms with Crippen LogP contribution >= 0.6 is 0 Å². The molecule has 1 aliphatic carbocycles. The van der Waals surface area contributed by atoms with Gasteiger partial charge in [0.15, 0.2) is 0 Å². The maximum atomic E-state index is 5.40. The van der Waals surface area contributed by atoms with Gasteiger partial charge < -0.3 is 10.1 Å². The standard InChI is InChI=1S/C18H29NO/c1-6-19-13-18(11-15(12-18)17(2,3)4)14-8-7-9-16(10-14)20-5/h7-10,15,19H,6,11-13H2,1-5H3. The number of methoxy groups -OCH3 is 1. The third-order valence-electron chi connectivity index (χ3n) is 4.89. The minimum absolute atomic E-state index is 0.294. The van der Waals surface area contributed by atoms with Crippen LogP contribution in [0.4, 0.5) is 0 Å². The van der Waals surface area contributed by atoms with Gasteiger partial charge in [-0.05, 0) is 48.4 Å². The maximum Gasteiger partial charge on any atom is 0.119 e. The van der Waals surface area contributed by atoms with Crippen molar-refractivity contribution < 1.29 is 4.74 Å². The first-order valence-electron chi connectivity index (χ1n) is 7.76. The van der Waals surface area contributed by atoms with Crippen LogP contribution in [-0.4, -0.2) is 20.2 Å². The van der Waals surface area contributed by atoms with E-state index in [1.165, 1.54) is 18.4 Å². The van der Waals surface area contributed by atoms with Gasteiger partial charge in [0.2, 0.25) is 0 Å². The summed E-state index contributed by atoms with van der Waals surface area (Å²) in [6.07, 6.45) is 2.55. The summed E-state index contributed by atoms with van der Waals surface area (Å²) in [5, 5.41) is 3.56. The highest BCUT2D eigenvalue weighted by Crippen LogP contribution is 2.54. The van der Waals surface area contributed by atoms with Crippen LogP contribution in [0.25, 0.3) is 0 Å². The molecule has 112 valence electrons. The molecule has 2 rings (SSSR count). The Bertz CT molecular complexity index is 441. The third-order valence-corrected chi connectivity index (χ3v) is 4.89. The number of rotatable bonds is 5. The van der Waals surface area contributed by atoms with Gasteiger partial charge in [-0.15, -0.1) is 0 Å². The van der Waals surface area contributed by atoms with Crippen molar-refractivity contribution >= 4 is 0 Å². The molecule has 1 fully saturated rings. The van der Waals surface area contributed by atoms with Crippen molar-refractivity contribution in [2.75, 3.05) is 20.2 Å². The van der Waals surface area contributed by atoms with E-state index in [1.54, 1.807) is 7.11 Å². The molecule has 1 aromatic rings. The fourth-order valence-electron chi connectivity index (χ4n) is 3.30. The molecule has 0 spiro atoms. The van der Waals surface area contributed by atoms with Gasteiger partial charge in [0, 0.05) is 12.0 Å². The minimum atomic E-state index is 0.294. The van der Waals surface area contributed by atoms with Crippen LogP contribution < -0.4 is 10.1 Å². The van der Waals surface area contributed by atoms with E-state index in [0.717, 1.165) is 24.8 Å². The topological polar surface area (TPSA) is 21.3 Å². The molecule has 0 saturated heterocycles. The van der Waals surface area contributed by atoms with E-state index in [2.05, 4.69) is 51.2 Å². The maximum absolute atomic E-state index is 5.40. The average molecular weight is 275 g/mol. The summed E-state index contributed by atoms with van der Waals surface area (Å²) in [7, 11) is 1.74. The van der Waals surface area contributed by atoms with Crippen molar-refractivity contribution in [2.45, 2.75) is 46.0 Å². The molecule has 1 aliphatic rings. The van der Waals surface area contributed by atoms with Crippen molar-refractivity contribution in [2.24, 2.45) is 11.3 Å². The van der Waals surface area contributed by atoms with E-state index in [0.29, 0.717) is 10.8 Å². The molecule has 1 N–H and O–H groups in total. The SMILES string of the molecule is CCNCC1(c2cccc(OC)c2)CC(C(C)(C)C)C1. The number of hydrogen-bond acceptors (Lipinski definition) is 2. The Morgan fingerprint density at radius 1 is 1.30 bits per heavy atom. The lowest BCUT2D eigenvalue weighted by Gasteiger charge is -2.53. The van der Waals surface area contributed by atoms with Crippen LogP contribution in [-0.2, 0) is 5.41 Å². The summed E-state index contributed by atoms with van der Waals surface area (Å²) in [6.45, 7) is 11.4. The van der Waals surface area contributed by atoms with E-state index in [-0.39, 0.29) is 0 Å². The fraction of sp³-hybridized carbons (Fsp3) is 0.667. The molecule has 2 nitrogen and oxygen atoms in total. The lowest BCUT2D eigenvalue weighted by molar-refractivity contribution is 0.0451.